The van der Waals surface area contributed by atoms with Gasteiger partial charge in [-0.1, -0.05) is 0 Å². The van der Waals surface area contributed by atoms with Gasteiger partial charge in [-0.3, -0.25) is 9.59 Å². The highest BCUT2D eigenvalue weighted by molar-refractivity contribution is 5.95. The molecule has 0 unspecified atom stereocenters. The van der Waals surface area contributed by atoms with Gasteiger partial charge in [0.25, 0.3) is 0 Å². The van der Waals surface area contributed by atoms with Crippen molar-refractivity contribution in [1.82, 2.24) is 0 Å². The van der Waals surface area contributed by atoms with E-state index < -0.39 is 17.6 Å². The molecule has 0 saturated carbocycles. The van der Waals surface area contributed by atoms with Gasteiger partial charge in [0, 0.05) is 12.5 Å². The molecule has 74 valence electrons. The normalized spacial score (nSPS) is 9.57. The second kappa shape index (κ2) is 3.87. The van der Waals surface area contributed by atoms with Crippen LogP contribution in [0.15, 0.2) is 18.2 Å². The van der Waals surface area contributed by atoms with Gasteiger partial charge in [0.2, 0.25) is 11.8 Å². The summed E-state index contributed by atoms with van der Waals surface area (Å²) in [5.41, 5.74) is 5.09. The largest absolute Gasteiger partial charge is 0.366 e. The van der Waals surface area contributed by atoms with Crippen LogP contribution in [-0.4, -0.2) is 11.8 Å². The number of benzene rings is 1. The standard InChI is InChI=1S/C9H9FN2O2/c1-5(13)12-8-4-6(9(11)14)2-3-7(8)10/h2-4H,1H3,(H2,11,14)(H,12,13). The number of carbonyl (C=O) groups excluding carboxylic acids is 2. The van der Waals surface area contributed by atoms with Crippen LogP contribution in [0.25, 0.3) is 0 Å². The maximum absolute atomic E-state index is 13.0. The van der Waals surface area contributed by atoms with Gasteiger partial charge in [-0.15, -0.1) is 0 Å². The molecule has 0 radical (unpaired) electrons. The lowest BCUT2D eigenvalue weighted by atomic mass is 10.2. The van der Waals surface area contributed by atoms with Gasteiger partial charge in [-0.2, -0.15) is 0 Å². The molecule has 0 bridgehead atoms. The number of rotatable bonds is 2. The van der Waals surface area contributed by atoms with Crippen LogP contribution in [0.5, 0.6) is 0 Å². The fraction of sp³-hybridized carbons (Fsp3) is 0.111. The summed E-state index contributed by atoms with van der Waals surface area (Å²) in [6, 6.07) is 3.52. The number of amides is 2. The van der Waals surface area contributed by atoms with E-state index in [9.17, 15) is 14.0 Å². The number of hydrogen-bond acceptors (Lipinski definition) is 2. The average molecular weight is 196 g/mol. The summed E-state index contributed by atoms with van der Waals surface area (Å²) in [6.07, 6.45) is 0. The molecule has 3 N–H and O–H groups in total. The fourth-order valence-corrected chi connectivity index (χ4v) is 0.964. The molecule has 0 atom stereocenters. The van der Waals surface area contributed by atoms with Crippen molar-refractivity contribution in [3.05, 3.63) is 29.6 Å². The molecule has 1 aromatic carbocycles. The van der Waals surface area contributed by atoms with Crippen LogP contribution in [0.2, 0.25) is 0 Å². The molecule has 0 aliphatic carbocycles. The summed E-state index contributed by atoms with van der Waals surface area (Å²) in [7, 11) is 0. The molecular weight excluding hydrogens is 187 g/mol. The summed E-state index contributed by atoms with van der Waals surface area (Å²) in [6.45, 7) is 1.25. The lowest BCUT2D eigenvalue weighted by Gasteiger charge is -2.04. The number of primary amides is 1. The summed E-state index contributed by atoms with van der Waals surface area (Å²) >= 11 is 0. The Labute approximate surface area is 79.9 Å². The third-order valence-corrected chi connectivity index (χ3v) is 1.56. The van der Waals surface area contributed by atoms with Gasteiger partial charge in [0.05, 0.1) is 5.69 Å². The zero-order valence-electron chi connectivity index (χ0n) is 7.50. The van der Waals surface area contributed by atoms with E-state index in [2.05, 4.69) is 5.32 Å². The minimum atomic E-state index is -0.670. The average Bonchev–Trinajstić information content (AvgIpc) is 2.07. The molecule has 0 saturated heterocycles. The molecule has 14 heavy (non-hydrogen) atoms. The topological polar surface area (TPSA) is 72.2 Å². The van der Waals surface area contributed by atoms with Crippen LogP contribution < -0.4 is 11.1 Å². The predicted molar refractivity (Wildman–Crippen MR) is 49.2 cm³/mol. The third-order valence-electron chi connectivity index (χ3n) is 1.56. The van der Waals surface area contributed by atoms with Crippen molar-refractivity contribution >= 4 is 17.5 Å². The summed E-state index contributed by atoms with van der Waals surface area (Å²) in [5.74, 6) is -1.69. The third kappa shape index (κ3) is 2.29. The van der Waals surface area contributed by atoms with Gasteiger partial charge in [0.1, 0.15) is 5.82 Å². The first-order chi connectivity index (χ1) is 6.50. The Morgan fingerprint density at radius 1 is 1.43 bits per heavy atom. The molecule has 4 nitrogen and oxygen atoms in total. The summed E-state index contributed by atoms with van der Waals surface area (Å²) in [4.78, 5) is 21.4. The molecule has 1 aromatic rings. The smallest absolute Gasteiger partial charge is 0.248 e. The fourth-order valence-electron chi connectivity index (χ4n) is 0.964. The Morgan fingerprint density at radius 3 is 2.57 bits per heavy atom. The van der Waals surface area contributed by atoms with Crippen molar-refractivity contribution in [3.63, 3.8) is 0 Å². The Kier molecular flexibility index (Phi) is 2.81. The van der Waals surface area contributed by atoms with Crippen molar-refractivity contribution in [1.29, 1.82) is 0 Å². The van der Waals surface area contributed by atoms with E-state index in [1.54, 1.807) is 0 Å². The minimum absolute atomic E-state index is 0.0474. The monoisotopic (exact) mass is 196 g/mol. The second-order valence-electron chi connectivity index (χ2n) is 2.74. The molecule has 0 aliphatic heterocycles. The van der Waals surface area contributed by atoms with Crippen molar-refractivity contribution in [3.8, 4) is 0 Å². The van der Waals surface area contributed by atoms with E-state index in [-0.39, 0.29) is 11.3 Å². The molecule has 5 heteroatoms. The lowest BCUT2D eigenvalue weighted by Crippen LogP contribution is -2.13. The molecule has 2 amide bonds. The maximum atomic E-state index is 13.0. The molecular formula is C9H9FN2O2. The number of anilines is 1. The van der Waals surface area contributed by atoms with Crippen LogP contribution in [-0.2, 0) is 4.79 Å². The van der Waals surface area contributed by atoms with Crippen molar-refractivity contribution in [2.75, 3.05) is 5.32 Å². The first kappa shape index (κ1) is 10.2. The predicted octanol–water partition coefficient (Wildman–Crippen LogP) is 0.883. The minimum Gasteiger partial charge on any atom is -0.366 e. The second-order valence-corrected chi connectivity index (χ2v) is 2.74. The van der Waals surface area contributed by atoms with Gasteiger partial charge in [-0.25, -0.2) is 4.39 Å². The first-order valence-corrected chi connectivity index (χ1v) is 3.87. The highest BCUT2D eigenvalue weighted by Crippen LogP contribution is 2.15. The molecule has 0 aromatic heterocycles. The van der Waals surface area contributed by atoms with E-state index in [0.717, 1.165) is 6.07 Å². The number of nitrogens with two attached hydrogens (primary N) is 1. The van der Waals surface area contributed by atoms with Crippen LogP contribution in [0.3, 0.4) is 0 Å². The number of hydrogen-bond donors (Lipinski definition) is 2. The SMILES string of the molecule is CC(=O)Nc1cc(C(N)=O)ccc1F. The number of nitrogens with one attached hydrogen (secondary N) is 1. The van der Waals surface area contributed by atoms with E-state index in [1.807, 2.05) is 0 Å². The Bertz CT molecular complexity index is 390. The highest BCUT2D eigenvalue weighted by atomic mass is 19.1. The Hall–Kier alpha value is -1.91. The van der Waals surface area contributed by atoms with Gasteiger partial charge in [0.15, 0.2) is 0 Å². The molecule has 0 fully saturated rings. The molecule has 0 spiro atoms. The Balaban J connectivity index is 3.08. The van der Waals surface area contributed by atoms with Crippen LogP contribution in [0, 0.1) is 5.82 Å². The van der Waals surface area contributed by atoms with Crippen LogP contribution >= 0.6 is 0 Å². The molecule has 0 heterocycles. The zero-order valence-corrected chi connectivity index (χ0v) is 7.50. The van der Waals surface area contributed by atoms with Crippen LogP contribution in [0.4, 0.5) is 10.1 Å². The Morgan fingerprint density at radius 2 is 2.07 bits per heavy atom. The van der Waals surface area contributed by atoms with E-state index in [0.29, 0.717) is 0 Å². The van der Waals surface area contributed by atoms with Crippen LogP contribution in [0.1, 0.15) is 17.3 Å². The van der Waals surface area contributed by atoms with E-state index >= 15 is 0 Å². The first-order valence-electron chi connectivity index (χ1n) is 3.87. The van der Waals surface area contributed by atoms with Gasteiger partial charge >= 0.3 is 0 Å². The highest BCUT2D eigenvalue weighted by Gasteiger charge is 2.07. The zero-order chi connectivity index (χ0) is 10.7. The molecule has 0 aliphatic rings. The lowest BCUT2D eigenvalue weighted by molar-refractivity contribution is -0.114. The van der Waals surface area contributed by atoms with Gasteiger partial charge < -0.3 is 11.1 Å². The van der Waals surface area contributed by atoms with Crippen molar-refractivity contribution < 1.29 is 14.0 Å². The van der Waals surface area contributed by atoms with Crippen molar-refractivity contribution in [2.24, 2.45) is 5.73 Å². The number of carbonyl (C=O) groups is 2. The van der Waals surface area contributed by atoms with Crippen molar-refractivity contribution in [2.45, 2.75) is 6.92 Å². The quantitative estimate of drug-likeness (QED) is 0.737. The maximum Gasteiger partial charge on any atom is 0.248 e. The van der Waals surface area contributed by atoms with E-state index in [4.69, 9.17) is 5.73 Å². The van der Waals surface area contributed by atoms with E-state index in [1.165, 1.54) is 19.1 Å². The number of halogens is 1. The summed E-state index contributed by atoms with van der Waals surface area (Å²) < 4.78 is 13.0. The molecule has 1 rings (SSSR count). The van der Waals surface area contributed by atoms with Gasteiger partial charge in [-0.05, 0) is 18.2 Å². The summed E-state index contributed by atoms with van der Waals surface area (Å²) in [5, 5.41) is 2.25.